The van der Waals surface area contributed by atoms with Crippen LogP contribution in [0.2, 0.25) is 19.6 Å². The van der Waals surface area contributed by atoms with E-state index in [2.05, 4.69) is 52.6 Å². The molecule has 3 amide bonds. The second-order valence-electron chi connectivity index (χ2n) is 10.4. The molecule has 0 fully saturated rings. The number of rotatable bonds is 18. The molecule has 0 atom stereocenters. The third-order valence-corrected chi connectivity index (χ3v) is 5.17. The van der Waals surface area contributed by atoms with E-state index in [4.69, 9.17) is 17.2 Å². The van der Waals surface area contributed by atoms with Gasteiger partial charge in [0, 0.05) is 46.6 Å². The predicted molar refractivity (Wildman–Crippen MR) is 173 cm³/mol. The van der Waals surface area contributed by atoms with Gasteiger partial charge in [0.05, 0.1) is 0 Å². The van der Waals surface area contributed by atoms with Crippen LogP contribution < -0.4 is 17.2 Å². The fourth-order valence-corrected chi connectivity index (χ4v) is 3.05. The molecule has 0 aliphatic heterocycles. The average molecular weight is 619 g/mol. The maximum atomic E-state index is 10.3. The molecule has 1 aliphatic rings. The first-order valence-electron chi connectivity index (χ1n) is 15.4. The van der Waals surface area contributed by atoms with Gasteiger partial charge in [-0.2, -0.15) is 6.08 Å². The fourth-order valence-electron chi connectivity index (χ4n) is 3.05. The van der Waals surface area contributed by atoms with Crippen molar-refractivity contribution in [2.45, 2.75) is 162 Å². The first-order valence-corrected chi connectivity index (χ1v) is 18.4. The van der Waals surface area contributed by atoms with Crippen LogP contribution in [-0.4, -0.2) is 26.5 Å². The van der Waals surface area contributed by atoms with E-state index in [0.717, 1.165) is 44.9 Å². The van der Waals surface area contributed by atoms with E-state index in [1.807, 2.05) is 12.2 Å². The molecule has 0 bridgehead atoms. The summed E-state index contributed by atoms with van der Waals surface area (Å²) in [5, 5.41) is 0. The molecular weight excluding hydrogens is 553 g/mol. The van der Waals surface area contributed by atoms with Crippen molar-refractivity contribution in [2.24, 2.45) is 17.2 Å². The second-order valence-corrected chi connectivity index (χ2v) is 13.4. The van der Waals surface area contributed by atoms with E-state index in [-0.39, 0.29) is 45.1 Å². The zero-order valence-corrected chi connectivity index (χ0v) is 29.5. The summed E-state index contributed by atoms with van der Waals surface area (Å²) >= 11 is 0. The summed E-state index contributed by atoms with van der Waals surface area (Å²) < 4.78 is 0. The third kappa shape index (κ3) is 76.7. The van der Waals surface area contributed by atoms with Crippen molar-refractivity contribution in [1.29, 1.82) is 0 Å². The number of carbonyl (C=O) groups excluding carboxylic acids is 3. The summed E-state index contributed by atoms with van der Waals surface area (Å²) in [6.45, 7) is 13.3. The van der Waals surface area contributed by atoms with Crippen LogP contribution in [-0.2, 0) is 32.9 Å². The molecule has 0 aromatic heterocycles. The Kier molecular flexibility index (Phi) is 54.1. The number of hydrogen-bond donors (Lipinski definition) is 3. The largest absolute Gasteiger partial charge is 0.370 e. The van der Waals surface area contributed by atoms with E-state index >= 15 is 0 Å². The molecule has 0 aromatic carbocycles. The Morgan fingerprint density at radius 2 is 0.875 bits per heavy atom. The molecule has 2 radical (unpaired) electrons. The summed E-state index contributed by atoms with van der Waals surface area (Å²) in [5.41, 5.74) is 14.9. The van der Waals surface area contributed by atoms with Gasteiger partial charge in [-0.25, -0.2) is 12.2 Å². The molecule has 6 N–H and O–H groups in total. The normalized spacial score (nSPS) is 10.4. The van der Waals surface area contributed by atoms with Crippen LogP contribution in [0.4, 0.5) is 0 Å². The topological polar surface area (TPSA) is 129 Å². The Morgan fingerprint density at radius 1 is 0.600 bits per heavy atom. The molecule has 1 aliphatic carbocycles. The number of primary amides is 3. The van der Waals surface area contributed by atoms with E-state index in [9.17, 15) is 14.4 Å². The van der Waals surface area contributed by atoms with Crippen LogP contribution in [0.3, 0.4) is 0 Å². The van der Waals surface area contributed by atoms with Crippen molar-refractivity contribution < 1.29 is 32.9 Å². The van der Waals surface area contributed by atoms with Crippen LogP contribution in [0.5, 0.6) is 0 Å². The Bertz CT molecular complexity index is 516. The maximum Gasteiger partial charge on any atom is 0.217 e. The van der Waals surface area contributed by atoms with Gasteiger partial charge in [-0.1, -0.05) is 117 Å². The molecule has 0 aromatic rings. The van der Waals surface area contributed by atoms with Crippen molar-refractivity contribution in [2.75, 3.05) is 0 Å². The summed E-state index contributed by atoms with van der Waals surface area (Å²) in [7, 11) is 0.120. The summed E-state index contributed by atoms with van der Waals surface area (Å²) in [6, 6.07) is 0. The van der Waals surface area contributed by atoms with E-state index in [0.29, 0.717) is 19.3 Å². The van der Waals surface area contributed by atoms with Gasteiger partial charge in [-0.15, -0.1) is 6.42 Å². The average Bonchev–Trinajstić information content (AvgIpc) is 3.44. The number of allylic oxidation sites excluding steroid dienone is 4. The first kappa shape index (κ1) is 48.4. The SMILES string of the molecule is CCCCCCCC(N)=O.CCCCCCCC(N)=O.CCCCCCCC(N)=O.C[Si](C)C.[C-]1=CC=CC1.[V]. The first-order chi connectivity index (χ1) is 18.5. The van der Waals surface area contributed by atoms with Crippen LogP contribution in [0.15, 0.2) is 18.2 Å². The Labute approximate surface area is 262 Å². The third-order valence-electron chi connectivity index (χ3n) is 5.17. The molecule has 6 nitrogen and oxygen atoms in total. The number of nitrogens with two attached hydrogens (primary N) is 3. The van der Waals surface area contributed by atoms with Crippen LogP contribution >= 0.6 is 0 Å². The predicted octanol–water partition coefficient (Wildman–Crippen LogP) is 8.17. The molecule has 1 rings (SSSR count). The van der Waals surface area contributed by atoms with Gasteiger partial charge >= 0.3 is 0 Å². The van der Waals surface area contributed by atoms with Gasteiger partial charge in [-0.05, 0) is 19.3 Å². The van der Waals surface area contributed by atoms with Crippen LogP contribution in [0, 0.1) is 6.08 Å². The van der Waals surface area contributed by atoms with E-state index < -0.39 is 0 Å². The van der Waals surface area contributed by atoms with Gasteiger partial charge in [0.2, 0.25) is 17.7 Å². The number of carbonyl (C=O) groups is 3. The Hall–Kier alpha value is -1.31. The molecule has 236 valence electrons. The molecule has 8 heteroatoms. The van der Waals surface area contributed by atoms with Crippen molar-refractivity contribution in [3.05, 3.63) is 24.3 Å². The van der Waals surface area contributed by atoms with Gasteiger partial charge in [0.15, 0.2) is 0 Å². The minimum atomic E-state index is -0.170. The van der Waals surface area contributed by atoms with Gasteiger partial charge in [-0.3, -0.25) is 20.5 Å². The number of amides is 3. The quantitative estimate of drug-likeness (QED) is 0.0814. The van der Waals surface area contributed by atoms with Crippen molar-refractivity contribution in [3.8, 4) is 0 Å². The smallest absolute Gasteiger partial charge is 0.217 e. The molecule has 0 unspecified atom stereocenters. The van der Waals surface area contributed by atoms with E-state index in [1.165, 1.54) is 57.8 Å². The Balaban J connectivity index is -0.000000131. The number of hydrogen-bond acceptors (Lipinski definition) is 3. The Morgan fingerprint density at radius 3 is 1.02 bits per heavy atom. The molecule has 0 saturated carbocycles. The standard InChI is InChI=1S/3C8H17NO.C5H5.C3H9Si.V/c3*1-2-3-4-5-6-7-8(9)10;1-2-4-5-3-1;1-4(2)3;/h3*2-7H2,1H3,(H2,9,10);1-3H,4H2;1-3H3;/q;;;-1;;. The van der Waals surface area contributed by atoms with Crippen LogP contribution in [0.25, 0.3) is 0 Å². The minimum absolute atomic E-state index is 0. The second kappa shape index (κ2) is 44.7. The molecule has 40 heavy (non-hydrogen) atoms. The molecule has 0 heterocycles. The van der Waals surface area contributed by atoms with Gasteiger partial charge < -0.3 is 17.2 Å². The van der Waals surface area contributed by atoms with Gasteiger partial charge in [0.25, 0.3) is 0 Å². The summed E-state index contributed by atoms with van der Waals surface area (Å²) in [5.74, 6) is -0.510. The minimum Gasteiger partial charge on any atom is -0.370 e. The molecule has 0 saturated heterocycles. The zero-order valence-electron chi connectivity index (χ0n) is 27.1. The monoisotopic (exact) mass is 618 g/mol. The fraction of sp³-hybridized carbons (Fsp3) is 0.781. The van der Waals surface area contributed by atoms with Gasteiger partial charge in [0.1, 0.15) is 0 Å². The van der Waals surface area contributed by atoms with Crippen molar-refractivity contribution in [3.63, 3.8) is 0 Å². The zero-order chi connectivity index (χ0) is 30.6. The van der Waals surface area contributed by atoms with E-state index in [1.54, 1.807) is 0 Å². The van der Waals surface area contributed by atoms with Crippen molar-refractivity contribution in [1.82, 2.24) is 0 Å². The van der Waals surface area contributed by atoms with Crippen molar-refractivity contribution >= 4 is 26.5 Å². The maximum absolute atomic E-state index is 10.3. The number of unbranched alkanes of at least 4 members (excludes halogenated alkanes) is 12. The van der Waals surface area contributed by atoms with Crippen LogP contribution in [0.1, 0.15) is 143 Å². The molecule has 0 spiro atoms. The summed E-state index contributed by atoms with van der Waals surface area (Å²) in [4.78, 5) is 30.8. The summed E-state index contributed by atoms with van der Waals surface area (Å²) in [6.07, 6.45) is 29.3. The molecular formula is C32H65N3O3SiV-.